The Morgan fingerprint density at radius 1 is 1.13 bits per heavy atom. The monoisotopic (exact) mass is 209 g/mol. The standard InChI is InChI=1S/C12H19NO2/c1-9-7-10(2)12(8-11(9)13)15-6-4-5-14-3/h7-8H,4-6,13H2,1-3H3. The maximum atomic E-state index is 5.82. The molecule has 0 bridgehead atoms. The summed E-state index contributed by atoms with van der Waals surface area (Å²) < 4.78 is 10.6. The number of nitrogen functional groups attached to an aromatic ring is 1. The number of hydrogen-bond acceptors (Lipinski definition) is 3. The summed E-state index contributed by atoms with van der Waals surface area (Å²) in [5.41, 5.74) is 8.81. The molecular weight excluding hydrogens is 190 g/mol. The Kier molecular flexibility index (Phi) is 4.43. The zero-order chi connectivity index (χ0) is 11.3. The van der Waals surface area contributed by atoms with Crippen molar-refractivity contribution >= 4 is 5.69 Å². The maximum Gasteiger partial charge on any atom is 0.124 e. The molecule has 0 aromatic heterocycles. The minimum Gasteiger partial charge on any atom is -0.493 e. The van der Waals surface area contributed by atoms with Gasteiger partial charge in [0.05, 0.1) is 6.61 Å². The lowest BCUT2D eigenvalue weighted by molar-refractivity contribution is 0.172. The van der Waals surface area contributed by atoms with Crippen LogP contribution in [0.15, 0.2) is 12.1 Å². The van der Waals surface area contributed by atoms with Crippen molar-refractivity contribution in [3.8, 4) is 5.75 Å². The summed E-state index contributed by atoms with van der Waals surface area (Å²) in [6.07, 6.45) is 0.893. The van der Waals surface area contributed by atoms with Crippen LogP contribution >= 0.6 is 0 Å². The van der Waals surface area contributed by atoms with Gasteiger partial charge in [0.1, 0.15) is 5.75 Å². The molecule has 84 valence electrons. The number of aryl methyl sites for hydroxylation is 2. The Bertz CT molecular complexity index is 324. The van der Waals surface area contributed by atoms with Crippen molar-refractivity contribution in [3.05, 3.63) is 23.3 Å². The van der Waals surface area contributed by atoms with Crippen LogP contribution in [-0.2, 0) is 4.74 Å². The topological polar surface area (TPSA) is 44.5 Å². The number of hydrogen-bond donors (Lipinski definition) is 1. The van der Waals surface area contributed by atoms with Crippen molar-refractivity contribution in [2.24, 2.45) is 0 Å². The summed E-state index contributed by atoms with van der Waals surface area (Å²) >= 11 is 0. The Balaban J connectivity index is 2.57. The highest BCUT2D eigenvalue weighted by molar-refractivity contribution is 5.54. The van der Waals surface area contributed by atoms with Crippen molar-refractivity contribution in [2.45, 2.75) is 20.3 Å². The van der Waals surface area contributed by atoms with E-state index in [-0.39, 0.29) is 0 Å². The van der Waals surface area contributed by atoms with E-state index in [2.05, 4.69) is 0 Å². The zero-order valence-corrected chi connectivity index (χ0v) is 9.67. The summed E-state index contributed by atoms with van der Waals surface area (Å²) in [4.78, 5) is 0. The van der Waals surface area contributed by atoms with Gasteiger partial charge in [0.15, 0.2) is 0 Å². The molecule has 0 saturated carbocycles. The molecule has 2 N–H and O–H groups in total. The molecule has 0 heterocycles. The van der Waals surface area contributed by atoms with Gasteiger partial charge in [0, 0.05) is 31.9 Å². The molecule has 0 spiro atoms. The molecule has 0 aliphatic carbocycles. The van der Waals surface area contributed by atoms with Crippen molar-refractivity contribution in [2.75, 3.05) is 26.1 Å². The van der Waals surface area contributed by atoms with Crippen molar-refractivity contribution in [1.82, 2.24) is 0 Å². The van der Waals surface area contributed by atoms with E-state index in [0.717, 1.165) is 35.6 Å². The van der Waals surface area contributed by atoms with Gasteiger partial charge >= 0.3 is 0 Å². The lowest BCUT2D eigenvalue weighted by atomic mass is 10.1. The van der Waals surface area contributed by atoms with Crippen LogP contribution in [0.3, 0.4) is 0 Å². The number of ether oxygens (including phenoxy) is 2. The fourth-order valence-electron chi connectivity index (χ4n) is 1.39. The quantitative estimate of drug-likeness (QED) is 0.598. The van der Waals surface area contributed by atoms with Crippen LogP contribution in [0.5, 0.6) is 5.75 Å². The molecule has 0 amide bonds. The molecule has 3 heteroatoms. The van der Waals surface area contributed by atoms with E-state index in [9.17, 15) is 0 Å². The third kappa shape index (κ3) is 3.44. The highest BCUT2D eigenvalue weighted by Crippen LogP contribution is 2.24. The first-order valence-electron chi connectivity index (χ1n) is 5.13. The van der Waals surface area contributed by atoms with Gasteiger partial charge in [-0.25, -0.2) is 0 Å². The Labute approximate surface area is 91.2 Å². The molecule has 0 saturated heterocycles. The smallest absolute Gasteiger partial charge is 0.124 e. The molecule has 0 aliphatic rings. The van der Waals surface area contributed by atoms with Crippen LogP contribution in [-0.4, -0.2) is 20.3 Å². The maximum absolute atomic E-state index is 5.82. The van der Waals surface area contributed by atoms with Crippen LogP contribution in [0, 0.1) is 13.8 Å². The molecule has 3 nitrogen and oxygen atoms in total. The second-order valence-electron chi connectivity index (χ2n) is 3.67. The van der Waals surface area contributed by atoms with Crippen LogP contribution in [0.1, 0.15) is 17.5 Å². The summed E-state index contributed by atoms with van der Waals surface area (Å²) in [7, 11) is 1.69. The minimum atomic E-state index is 0.664. The molecule has 0 unspecified atom stereocenters. The van der Waals surface area contributed by atoms with E-state index >= 15 is 0 Å². The van der Waals surface area contributed by atoms with Crippen molar-refractivity contribution < 1.29 is 9.47 Å². The van der Waals surface area contributed by atoms with Gasteiger partial charge in [-0.15, -0.1) is 0 Å². The third-order valence-electron chi connectivity index (χ3n) is 2.31. The molecule has 1 rings (SSSR count). The molecule has 1 aromatic carbocycles. The van der Waals surface area contributed by atoms with Gasteiger partial charge < -0.3 is 15.2 Å². The van der Waals surface area contributed by atoms with Crippen LogP contribution in [0.4, 0.5) is 5.69 Å². The van der Waals surface area contributed by atoms with Crippen molar-refractivity contribution in [3.63, 3.8) is 0 Å². The Morgan fingerprint density at radius 2 is 1.87 bits per heavy atom. The van der Waals surface area contributed by atoms with E-state index in [1.54, 1.807) is 7.11 Å². The zero-order valence-electron chi connectivity index (χ0n) is 9.67. The highest BCUT2D eigenvalue weighted by atomic mass is 16.5. The molecule has 0 aliphatic heterocycles. The van der Waals surface area contributed by atoms with Gasteiger partial charge in [0.2, 0.25) is 0 Å². The SMILES string of the molecule is COCCCOc1cc(N)c(C)cc1C. The molecular formula is C12H19NO2. The van der Waals surface area contributed by atoms with Gasteiger partial charge in [-0.1, -0.05) is 6.07 Å². The Hall–Kier alpha value is -1.22. The second-order valence-corrected chi connectivity index (χ2v) is 3.67. The fraction of sp³-hybridized carbons (Fsp3) is 0.500. The first-order valence-corrected chi connectivity index (χ1v) is 5.13. The number of benzene rings is 1. The summed E-state index contributed by atoms with van der Waals surface area (Å²) in [6.45, 7) is 5.41. The molecule has 0 atom stereocenters. The average Bonchev–Trinajstić information content (AvgIpc) is 2.20. The lowest BCUT2D eigenvalue weighted by Gasteiger charge is -2.11. The molecule has 1 aromatic rings. The first kappa shape index (κ1) is 11.9. The number of anilines is 1. The van der Waals surface area contributed by atoms with Crippen LogP contribution in [0.25, 0.3) is 0 Å². The number of rotatable bonds is 5. The number of nitrogens with two attached hydrogens (primary N) is 1. The van der Waals surface area contributed by atoms with Gasteiger partial charge in [-0.2, -0.15) is 0 Å². The summed E-state index contributed by atoms with van der Waals surface area (Å²) in [5.74, 6) is 0.870. The van der Waals surface area contributed by atoms with Crippen LogP contribution in [0.2, 0.25) is 0 Å². The minimum absolute atomic E-state index is 0.664. The molecule has 15 heavy (non-hydrogen) atoms. The predicted octanol–water partition coefficient (Wildman–Crippen LogP) is 2.30. The first-order chi connectivity index (χ1) is 7.15. The van der Waals surface area contributed by atoms with E-state index < -0.39 is 0 Å². The van der Waals surface area contributed by atoms with E-state index in [1.165, 1.54) is 0 Å². The summed E-state index contributed by atoms with van der Waals surface area (Å²) in [5, 5.41) is 0. The fourth-order valence-corrected chi connectivity index (χ4v) is 1.39. The van der Waals surface area contributed by atoms with Crippen molar-refractivity contribution in [1.29, 1.82) is 0 Å². The van der Waals surface area contributed by atoms with Gasteiger partial charge in [0.25, 0.3) is 0 Å². The Morgan fingerprint density at radius 3 is 2.53 bits per heavy atom. The normalized spacial score (nSPS) is 10.3. The van der Waals surface area contributed by atoms with E-state index in [0.29, 0.717) is 6.61 Å². The molecule has 0 fully saturated rings. The van der Waals surface area contributed by atoms with Gasteiger partial charge in [-0.05, 0) is 25.0 Å². The average molecular weight is 209 g/mol. The highest BCUT2D eigenvalue weighted by Gasteiger charge is 2.02. The third-order valence-corrected chi connectivity index (χ3v) is 2.31. The summed E-state index contributed by atoms with van der Waals surface area (Å²) in [6, 6.07) is 3.93. The van der Waals surface area contributed by atoms with Crippen LogP contribution < -0.4 is 10.5 Å². The van der Waals surface area contributed by atoms with Gasteiger partial charge in [-0.3, -0.25) is 0 Å². The lowest BCUT2D eigenvalue weighted by Crippen LogP contribution is -2.03. The largest absolute Gasteiger partial charge is 0.493 e. The predicted molar refractivity (Wildman–Crippen MR) is 62.3 cm³/mol. The van der Waals surface area contributed by atoms with E-state index in [1.807, 2.05) is 26.0 Å². The number of methoxy groups -OCH3 is 1. The second kappa shape index (κ2) is 5.61. The molecule has 0 radical (unpaired) electrons. The van der Waals surface area contributed by atoms with E-state index in [4.69, 9.17) is 15.2 Å².